The van der Waals surface area contributed by atoms with Gasteiger partial charge in [0.2, 0.25) is 0 Å². The Bertz CT molecular complexity index is 618. The Morgan fingerprint density at radius 2 is 1.91 bits per heavy atom. The number of imidazole rings is 1. The highest BCUT2D eigenvalue weighted by molar-refractivity contribution is 5.74. The molecule has 0 spiro atoms. The number of carbonyl (C=O) groups excluding carboxylic acids is 1. The minimum atomic E-state index is -0.0302. The van der Waals surface area contributed by atoms with Gasteiger partial charge in [0.1, 0.15) is 5.82 Å². The Morgan fingerprint density at radius 3 is 2.55 bits per heavy atom. The number of hydrogen-bond donors (Lipinski definition) is 1. The van der Waals surface area contributed by atoms with Gasteiger partial charge in [-0.1, -0.05) is 0 Å². The number of anilines is 1. The second-order valence-corrected chi connectivity index (χ2v) is 5.29. The van der Waals surface area contributed by atoms with Crippen LogP contribution in [0.25, 0.3) is 0 Å². The molecule has 116 valence electrons. The first-order chi connectivity index (χ1) is 10.7. The highest BCUT2D eigenvalue weighted by Gasteiger charge is 2.21. The lowest BCUT2D eigenvalue weighted by molar-refractivity contribution is 0.193. The molecule has 3 rings (SSSR count). The number of pyridine rings is 1. The van der Waals surface area contributed by atoms with Gasteiger partial charge in [0, 0.05) is 63.7 Å². The number of rotatable bonds is 3. The summed E-state index contributed by atoms with van der Waals surface area (Å²) in [6.07, 6.45) is 7.19. The molecule has 2 aromatic heterocycles. The summed E-state index contributed by atoms with van der Waals surface area (Å²) >= 11 is 0. The van der Waals surface area contributed by atoms with Crippen LogP contribution in [0.2, 0.25) is 0 Å². The minimum absolute atomic E-state index is 0.0302. The Labute approximate surface area is 129 Å². The van der Waals surface area contributed by atoms with Crippen molar-refractivity contribution in [2.45, 2.75) is 6.54 Å². The van der Waals surface area contributed by atoms with Gasteiger partial charge in [0.15, 0.2) is 0 Å². The quantitative estimate of drug-likeness (QED) is 0.912. The zero-order valence-electron chi connectivity index (χ0n) is 12.6. The number of hydrogen-bond acceptors (Lipinski definition) is 4. The molecule has 3 heterocycles. The molecular formula is C15H20N6O. The Balaban J connectivity index is 1.49. The van der Waals surface area contributed by atoms with Gasteiger partial charge in [-0.3, -0.25) is 4.98 Å². The molecule has 1 aliphatic heterocycles. The van der Waals surface area contributed by atoms with Gasteiger partial charge >= 0.3 is 6.03 Å². The van der Waals surface area contributed by atoms with Crippen LogP contribution in [0.4, 0.5) is 10.5 Å². The number of nitrogens with zero attached hydrogens (tertiary/aromatic N) is 5. The van der Waals surface area contributed by atoms with Crippen LogP contribution in [0, 0.1) is 0 Å². The van der Waals surface area contributed by atoms with Gasteiger partial charge in [0.25, 0.3) is 0 Å². The third kappa shape index (κ3) is 3.19. The zero-order valence-corrected chi connectivity index (χ0v) is 12.6. The summed E-state index contributed by atoms with van der Waals surface area (Å²) in [6, 6.07) is 3.96. The minimum Gasteiger partial charge on any atom is -0.368 e. The van der Waals surface area contributed by atoms with Gasteiger partial charge in [0.05, 0.1) is 6.54 Å². The van der Waals surface area contributed by atoms with E-state index in [9.17, 15) is 4.79 Å². The van der Waals surface area contributed by atoms with Crippen molar-refractivity contribution in [2.75, 3.05) is 31.1 Å². The van der Waals surface area contributed by atoms with Crippen LogP contribution in [0.15, 0.2) is 36.9 Å². The Morgan fingerprint density at radius 1 is 1.18 bits per heavy atom. The van der Waals surface area contributed by atoms with Crippen LogP contribution in [-0.4, -0.2) is 51.6 Å². The molecule has 0 saturated carbocycles. The van der Waals surface area contributed by atoms with Crippen LogP contribution < -0.4 is 10.2 Å². The van der Waals surface area contributed by atoms with E-state index in [0.29, 0.717) is 19.6 Å². The fourth-order valence-corrected chi connectivity index (χ4v) is 2.56. The number of nitrogens with one attached hydrogen (secondary N) is 1. The molecule has 0 radical (unpaired) electrons. The van der Waals surface area contributed by atoms with Crippen molar-refractivity contribution in [1.29, 1.82) is 0 Å². The van der Waals surface area contributed by atoms with E-state index in [4.69, 9.17) is 0 Å². The van der Waals surface area contributed by atoms with Crippen LogP contribution >= 0.6 is 0 Å². The number of carbonyl (C=O) groups is 1. The molecule has 7 heteroatoms. The molecule has 0 atom stereocenters. The second kappa shape index (κ2) is 6.46. The van der Waals surface area contributed by atoms with Crippen molar-refractivity contribution in [3.63, 3.8) is 0 Å². The maximum Gasteiger partial charge on any atom is 0.317 e. The summed E-state index contributed by atoms with van der Waals surface area (Å²) in [6.45, 7) is 3.55. The van der Waals surface area contributed by atoms with Gasteiger partial charge in [-0.2, -0.15) is 0 Å². The molecule has 0 bridgehead atoms. The summed E-state index contributed by atoms with van der Waals surface area (Å²) in [5, 5.41) is 2.93. The van der Waals surface area contributed by atoms with Crippen LogP contribution in [-0.2, 0) is 13.6 Å². The van der Waals surface area contributed by atoms with E-state index in [1.807, 2.05) is 34.8 Å². The molecule has 0 unspecified atom stereocenters. The van der Waals surface area contributed by atoms with Crippen LogP contribution in [0.1, 0.15) is 5.82 Å². The predicted molar refractivity (Wildman–Crippen MR) is 83.5 cm³/mol. The average molecular weight is 300 g/mol. The molecule has 1 N–H and O–H groups in total. The summed E-state index contributed by atoms with van der Waals surface area (Å²) in [4.78, 5) is 24.5. The third-order valence-corrected chi connectivity index (χ3v) is 3.91. The lowest BCUT2D eigenvalue weighted by Crippen LogP contribution is -2.51. The fourth-order valence-electron chi connectivity index (χ4n) is 2.56. The lowest BCUT2D eigenvalue weighted by Gasteiger charge is -2.35. The number of amides is 2. The van der Waals surface area contributed by atoms with Crippen LogP contribution in [0.5, 0.6) is 0 Å². The topological polar surface area (TPSA) is 66.3 Å². The van der Waals surface area contributed by atoms with Gasteiger partial charge in [-0.05, 0) is 12.1 Å². The monoisotopic (exact) mass is 300 g/mol. The average Bonchev–Trinajstić information content (AvgIpc) is 2.99. The van der Waals surface area contributed by atoms with Crippen LogP contribution in [0.3, 0.4) is 0 Å². The second-order valence-electron chi connectivity index (χ2n) is 5.29. The van der Waals surface area contributed by atoms with Crippen molar-refractivity contribution >= 4 is 11.7 Å². The van der Waals surface area contributed by atoms with Gasteiger partial charge in [-0.15, -0.1) is 0 Å². The molecule has 2 aromatic rings. The maximum atomic E-state index is 12.2. The fraction of sp³-hybridized carbons (Fsp3) is 0.400. The Kier molecular flexibility index (Phi) is 4.22. The molecule has 1 aliphatic rings. The number of aryl methyl sites for hydroxylation is 1. The van der Waals surface area contributed by atoms with Gasteiger partial charge in [-0.25, -0.2) is 9.78 Å². The largest absolute Gasteiger partial charge is 0.368 e. The molecule has 0 aromatic carbocycles. The lowest BCUT2D eigenvalue weighted by atomic mass is 10.3. The van der Waals surface area contributed by atoms with E-state index in [0.717, 1.165) is 24.6 Å². The standard InChI is InChI=1S/C15H20N6O/c1-19-7-6-17-14(19)12-18-15(22)21-10-8-20(9-11-21)13-2-4-16-5-3-13/h2-7H,8-12H2,1H3,(H,18,22). The molecule has 22 heavy (non-hydrogen) atoms. The molecule has 2 amide bonds. The zero-order chi connectivity index (χ0) is 15.4. The van der Waals surface area contributed by atoms with Crippen molar-refractivity contribution in [3.8, 4) is 0 Å². The van der Waals surface area contributed by atoms with Crippen molar-refractivity contribution in [1.82, 2.24) is 24.8 Å². The first kappa shape index (κ1) is 14.4. The Hall–Kier alpha value is -2.57. The van der Waals surface area contributed by atoms with Crippen molar-refractivity contribution in [3.05, 3.63) is 42.7 Å². The van der Waals surface area contributed by atoms with E-state index < -0.39 is 0 Å². The summed E-state index contributed by atoms with van der Waals surface area (Å²) in [5.74, 6) is 0.851. The number of urea groups is 1. The molecular weight excluding hydrogens is 280 g/mol. The normalized spacial score (nSPS) is 15.0. The summed E-state index contributed by atoms with van der Waals surface area (Å²) in [7, 11) is 1.92. The van der Waals surface area contributed by atoms with Crippen molar-refractivity contribution in [2.24, 2.45) is 7.05 Å². The summed E-state index contributed by atoms with van der Waals surface area (Å²) < 4.78 is 1.90. The number of piperazine rings is 1. The molecule has 1 saturated heterocycles. The first-order valence-corrected chi connectivity index (χ1v) is 7.38. The predicted octanol–water partition coefficient (Wildman–Crippen LogP) is 0.847. The van der Waals surface area contributed by atoms with Crippen molar-refractivity contribution < 1.29 is 4.79 Å². The van der Waals surface area contributed by atoms with E-state index in [2.05, 4.69) is 20.2 Å². The van der Waals surface area contributed by atoms with E-state index in [1.54, 1.807) is 18.6 Å². The number of aromatic nitrogens is 3. The first-order valence-electron chi connectivity index (χ1n) is 7.38. The molecule has 1 fully saturated rings. The van der Waals surface area contributed by atoms with Gasteiger partial charge < -0.3 is 19.7 Å². The smallest absolute Gasteiger partial charge is 0.317 e. The maximum absolute atomic E-state index is 12.2. The van der Waals surface area contributed by atoms with E-state index >= 15 is 0 Å². The molecule has 0 aliphatic carbocycles. The SMILES string of the molecule is Cn1ccnc1CNC(=O)N1CCN(c2ccncc2)CC1. The van der Waals surface area contributed by atoms with E-state index in [1.165, 1.54) is 0 Å². The highest BCUT2D eigenvalue weighted by Crippen LogP contribution is 2.14. The van der Waals surface area contributed by atoms with E-state index in [-0.39, 0.29) is 6.03 Å². The molecule has 7 nitrogen and oxygen atoms in total. The third-order valence-electron chi connectivity index (χ3n) is 3.91. The summed E-state index contributed by atoms with van der Waals surface area (Å²) in [5.41, 5.74) is 1.16. The highest BCUT2D eigenvalue weighted by atomic mass is 16.2.